The molecule has 17 heavy (non-hydrogen) atoms. The Kier molecular flexibility index (Phi) is 4.54. The van der Waals surface area contributed by atoms with Gasteiger partial charge in [-0.05, 0) is 12.1 Å². The van der Waals surface area contributed by atoms with E-state index in [1.807, 2.05) is 12.1 Å². The lowest BCUT2D eigenvalue weighted by molar-refractivity contribution is 0.0370. The van der Waals surface area contributed by atoms with Crippen LogP contribution in [0.25, 0.3) is 0 Å². The number of hydrogen-bond acceptors (Lipinski definition) is 3. The second-order valence-electron chi connectivity index (χ2n) is 4.11. The smallest absolute Gasteiger partial charge is 0.165 e. The molecule has 0 radical (unpaired) electrons. The number of ketones is 1. The molecule has 0 spiro atoms. The van der Waals surface area contributed by atoms with Gasteiger partial charge in [-0.2, -0.15) is 0 Å². The average Bonchev–Trinajstić information content (AvgIpc) is 2.38. The fraction of sp³-hybridized carbons (Fsp3) is 0.462. The maximum Gasteiger partial charge on any atom is 0.165 e. The lowest BCUT2D eigenvalue weighted by atomic mass is 10.1. The Morgan fingerprint density at radius 2 is 2.00 bits per heavy atom. The molecule has 0 N–H and O–H groups in total. The largest absolute Gasteiger partial charge is 0.379 e. The van der Waals surface area contributed by atoms with Crippen LogP contribution in [0.15, 0.2) is 24.3 Å². The van der Waals surface area contributed by atoms with Crippen molar-refractivity contribution in [2.75, 3.05) is 32.8 Å². The molecular weight excluding hydrogens is 238 g/mol. The van der Waals surface area contributed by atoms with Crippen molar-refractivity contribution in [3.63, 3.8) is 0 Å². The second-order valence-corrected chi connectivity index (χ2v) is 4.51. The minimum Gasteiger partial charge on any atom is -0.379 e. The van der Waals surface area contributed by atoms with Gasteiger partial charge >= 0.3 is 0 Å². The Balaban J connectivity index is 1.87. The van der Waals surface area contributed by atoms with Gasteiger partial charge in [-0.25, -0.2) is 0 Å². The maximum absolute atomic E-state index is 12.0. The van der Waals surface area contributed by atoms with Crippen molar-refractivity contribution < 1.29 is 9.53 Å². The van der Waals surface area contributed by atoms with E-state index in [-0.39, 0.29) is 5.78 Å². The molecule has 1 saturated heterocycles. The molecule has 0 saturated carbocycles. The third-order valence-corrected chi connectivity index (χ3v) is 3.26. The van der Waals surface area contributed by atoms with Crippen LogP contribution in [-0.4, -0.2) is 43.5 Å². The molecule has 1 aromatic rings. The zero-order chi connectivity index (χ0) is 12.1. The fourth-order valence-corrected chi connectivity index (χ4v) is 2.15. The highest BCUT2D eigenvalue weighted by Gasteiger charge is 2.14. The predicted molar refractivity (Wildman–Crippen MR) is 67.7 cm³/mol. The van der Waals surface area contributed by atoms with E-state index in [1.165, 1.54) is 0 Å². The van der Waals surface area contributed by atoms with Crippen molar-refractivity contribution >= 4 is 17.4 Å². The van der Waals surface area contributed by atoms with E-state index in [2.05, 4.69) is 4.90 Å². The summed E-state index contributed by atoms with van der Waals surface area (Å²) in [5.74, 6) is 0.113. The van der Waals surface area contributed by atoms with Crippen molar-refractivity contribution in [1.82, 2.24) is 4.90 Å². The van der Waals surface area contributed by atoms with E-state index < -0.39 is 0 Å². The number of carbonyl (C=O) groups is 1. The Hall–Kier alpha value is -0.900. The van der Waals surface area contributed by atoms with E-state index >= 15 is 0 Å². The molecule has 92 valence electrons. The third-order valence-electron chi connectivity index (χ3n) is 2.93. The Morgan fingerprint density at radius 3 is 2.71 bits per heavy atom. The summed E-state index contributed by atoms with van der Waals surface area (Å²) in [7, 11) is 0. The van der Waals surface area contributed by atoms with Crippen LogP contribution < -0.4 is 0 Å². The summed E-state index contributed by atoms with van der Waals surface area (Å²) in [4.78, 5) is 14.2. The van der Waals surface area contributed by atoms with E-state index in [9.17, 15) is 4.79 Å². The first-order chi connectivity index (χ1) is 8.27. The highest BCUT2D eigenvalue weighted by atomic mass is 35.5. The summed E-state index contributed by atoms with van der Waals surface area (Å²) in [6, 6.07) is 7.21. The van der Waals surface area contributed by atoms with Crippen molar-refractivity contribution in [3.05, 3.63) is 34.9 Å². The fourth-order valence-electron chi connectivity index (χ4n) is 1.91. The lowest BCUT2D eigenvalue weighted by Gasteiger charge is -2.26. The third kappa shape index (κ3) is 3.53. The van der Waals surface area contributed by atoms with Crippen LogP contribution in [0.3, 0.4) is 0 Å². The quantitative estimate of drug-likeness (QED) is 0.771. The van der Waals surface area contributed by atoms with Gasteiger partial charge in [-0.15, -0.1) is 0 Å². The van der Waals surface area contributed by atoms with Crippen LogP contribution in [0.5, 0.6) is 0 Å². The number of nitrogens with zero attached hydrogens (tertiary/aromatic N) is 1. The minimum absolute atomic E-state index is 0.113. The zero-order valence-electron chi connectivity index (χ0n) is 9.69. The molecule has 0 unspecified atom stereocenters. The Labute approximate surface area is 106 Å². The van der Waals surface area contributed by atoms with E-state index in [0.29, 0.717) is 17.0 Å². The summed E-state index contributed by atoms with van der Waals surface area (Å²) in [5, 5.41) is 0.541. The zero-order valence-corrected chi connectivity index (χ0v) is 10.4. The molecule has 0 amide bonds. The van der Waals surface area contributed by atoms with Crippen molar-refractivity contribution in [3.8, 4) is 0 Å². The van der Waals surface area contributed by atoms with Crippen LogP contribution in [0.4, 0.5) is 0 Å². The molecule has 0 bridgehead atoms. The monoisotopic (exact) mass is 253 g/mol. The first-order valence-corrected chi connectivity index (χ1v) is 6.23. The summed E-state index contributed by atoms with van der Waals surface area (Å²) >= 11 is 5.99. The normalized spacial score (nSPS) is 17.0. The number of carbonyl (C=O) groups excluding carboxylic acids is 1. The minimum atomic E-state index is 0.113. The molecule has 1 aromatic carbocycles. The summed E-state index contributed by atoms with van der Waals surface area (Å²) in [5.41, 5.74) is 0.627. The number of morpholine rings is 1. The molecule has 1 aliphatic heterocycles. The lowest BCUT2D eigenvalue weighted by Crippen LogP contribution is -2.37. The molecule has 0 aliphatic carbocycles. The SMILES string of the molecule is O=C(CCN1CCOCC1)c1ccccc1Cl. The molecule has 1 heterocycles. The van der Waals surface area contributed by atoms with Gasteiger partial charge in [-0.3, -0.25) is 9.69 Å². The van der Waals surface area contributed by atoms with Crippen LogP contribution in [-0.2, 0) is 4.74 Å². The van der Waals surface area contributed by atoms with Crippen LogP contribution >= 0.6 is 11.6 Å². The van der Waals surface area contributed by atoms with Gasteiger partial charge in [0.15, 0.2) is 5.78 Å². The molecule has 1 fully saturated rings. The summed E-state index contributed by atoms with van der Waals surface area (Å²) in [6.07, 6.45) is 0.518. The van der Waals surface area contributed by atoms with Crippen LogP contribution in [0, 0.1) is 0 Å². The molecule has 4 heteroatoms. The summed E-state index contributed by atoms with van der Waals surface area (Å²) in [6.45, 7) is 4.14. The highest BCUT2D eigenvalue weighted by Crippen LogP contribution is 2.16. The van der Waals surface area contributed by atoms with Gasteiger partial charge in [-0.1, -0.05) is 23.7 Å². The molecule has 0 atom stereocenters. The Bertz CT molecular complexity index is 389. The van der Waals surface area contributed by atoms with E-state index in [1.54, 1.807) is 12.1 Å². The van der Waals surface area contributed by atoms with Gasteiger partial charge in [0.2, 0.25) is 0 Å². The van der Waals surface area contributed by atoms with Gasteiger partial charge in [0, 0.05) is 31.6 Å². The molecular formula is C13H16ClNO2. The highest BCUT2D eigenvalue weighted by molar-refractivity contribution is 6.33. The Morgan fingerprint density at radius 1 is 1.29 bits per heavy atom. The van der Waals surface area contributed by atoms with Crippen LogP contribution in [0.1, 0.15) is 16.8 Å². The molecule has 0 aromatic heterocycles. The first-order valence-electron chi connectivity index (χ1n) is 5.85. The van der Waals surface area contributed by atoms with Crippen LogP contribution in [0.2, 0.25) is 5.02 Å². The van der Waals surface area contributed by atoms with Gasteiger partial charge < -0.3 is 4.74 Å². The van der Waals surface area contributed by atoms with Gasteiger partial charge in [0.25, 0.3) is 0 Å². The summed E-state index contributed by atoms with van der Waals surface area (Å²) < 4.78 is 5.26. The number of ether oxygens (including phenoxy) is 1. The van der Waals surface area contributed by atoms with Crippen molar-refractivity contribution in [1.29, 1.82) is 0 Å². The van der Waals surface area contributed by atoms with E-state index in [4.69, 9.17) is 16.3 Å². The molecule has 2 rings (SSSR count). The number of rotatable bonds is 4. The number of benzene rings is 1. The van der Waals surface area contributed by atoms with Gasteiger partial charge in [0.1, 0.15) is 0 Å². The molecule has 3 nitrogen and oxygen atoms in total. The number of halogens is 1. The maximum atomic E-state index is 12.0. The number of Topliss-reactive ketones (excluding diaryl/α,β-unsaturated/α-hetero) is 1. The topological polar surface area (TPSA) is 29.5 Å². The average molecular weight is 254 g/mol. The second kappa shape index (κ2) is 6.15. The van der Waals surface area contributed by atoms with Crippen molar-refractivity contribution in [2.24, 2.45) is 0 Å². The predicted octanol–water partition coefficient (Wildman–Crippen LogP) is 2.25. The van der Waals surface area contributed by atoms with E-state index in [0.717, 1.165) is 32.8 Å². The molecule has 1 aliphatic rings. The number of hydrogen-bond donors (Lipinski definition) is 0. The van der Waals surface area contributed by atoms with Gasteiger partial charge in [0.05, 0.1) is 18.2 Å². The first kappa shape index (κ1) is 12.6. The standard InChI is InChI=1S/C13H16ClNO2/c14-12-4-2-1-3-11(12)13(16)5-6-15-7-9-17-10-8-15/h1-4H,5-10H2. The van der Waals surface area contributed by atoms with Crippen molar-refractivity contribution in [2.45, 2.75) is 6.42 Å².